The molecule has 110 valence electrons. The second kappa shape index (κ2) is 8.43. The van der Waals surface area contributed by atoms with Crippen molar-refractivity contribution < 1.29 is 14.3 Å². The van der Waals surface area contributed by atoms with Crippen molar-refractivity contribution in [1.29, 1.82) is 0 Å². The molecule has 0 atom stereocenters. The molecule has 0 saturated heterocycles. The van der Waals surface area contributed by atoms with E-state index < -0.39 is 5.97 Å². The van der Waals surface area contributed by atoms with E-state index in [2.05, 4.69) is 12.2 Å². The molecule has 0 fully saturated rings. The lowest BCUT2D eigenvalue weighted by atomic mass is 10.2. The second-order valence-electron chi connectivity index (χ2n) is 4.36. The van der Waals surface area contributed by atoms with Crippen LogP contribution < -0.4 is 11.1 Å². The number of carbonyl (C=O) groups is 2. The molecule has 0 heterocycles. The lowest BCUT2D eigenvalue weighted by Gasteiger charge is -2.08. The Morgan fingerprint density at radius 1 is 1.35 bits per heavy atom. The highest BCUT2D eigenvalue weighted by atomic mass is 35.5. The lowest BCUT2D eigenvalue weighted by Crippen LogP contribution is -2.29. The number of nitrogen functional groups attached to an aromatic ring is 1. The van der Waals surface area contributed by atoms with Gasteiger partial charge < -0.3 is 15.8 Å². The fourth-order valence-electron chi connectivity index (χ4n) is 1.57. The molecular formula is C14H19ClN2O3. The molecule has 5 nitrogen and oxygen atoms in total. The Hall–Kier alpha value is -1.75. The average molecular weight is 299 g/mol. The number of rotatable bonds is 7. The molecule has 0 unspecified atom stereocenters. The fourth-order valence-corrected chi connectivity index (χ4v) is 1.74. The average Bonchev–Trinajstić information content (AvgIpc) is 2.43. The van der Waals surface area contributed by atoms with Crippen molar-refractivity contribution in [1.82, 2.24) is 5.32 Å². The third-order valence-corrected chi connectivity index (χ3v) is 2.91. The number of carbonyl (C=O) groups excluding carboxylic acids is 2. The third kappa shape index (κ3) is 5.48. The summed E-state index contributed by atoms with van der Waals surface area (Å²) in [4.78, 5) is 23.2. The molecule has 1 aromatic rings. The molecule has 0 aliphatic carbocycles. The Morgan fingerprint density at radius 2 is 2.10 bits per heavy atom. The number of benzene rings is 1. The number of nitrogens with two attached hydrogens (primary N) is 1. The van der Waals surface area contributed by atoms with E-state index in [-0.39, 0.29) is 23.8 Å². The number of hydrogen-bond donors (Lipinski definition) is 2. The van der Waals surface area contributed by atoms with Gasteiger partial charge in [0.05, 0.1) is 5.56 Å². The van der Waals surface area contributed by atoms with Gasteiger partial charge >= 0.3 is 5.97 Å². The molecule has 0 aliphatic heterocycles. The van der Waals surface area contributed by atoms with Gasteiger partial charge in [0.1, 0.15) is 0 Å². The Bertz CT molecular complexity index is 477. The quantitative estimate of drug-likeness (QED) is 0.460. The van der Waals surface area contributed by atoms with Gasteiger partial charge in [-0.25, -0.2) is 4.79 Å². The Morgan fingerprint density at radius 3 is 2.80 bits per heavy atom. The van der Waals surface area contributed by atoms with Crippen LogP contribution in [-0.2, 0) is 9.53 Å². The maximum absolute atomic E-state index is 11.8. The van der Waals surface area contributed by atoms with Crippen LogP contribution in [-0.4, -0.2) is 25.0 Å². The first-order valence-electron chi connectivity index (χ1n) is 6.53. The molecule has 0 bridgehead atoms. The van der Waals surface area contributed by atoms with Crippen LogP contribution in [0.1, 0.15) is 36.5 Å². The summed E-state index contributed by atoms with van der Waals surface area (Å²) in [5, 5.41) is 3.06. The molecule has 1 rings (SSSR count). The summed E-state index contributed by atoms with van der Waals surface area (Å²) in [6, 6.07) is 4.51. The highest BCUT2D eigenvalue weighted by molar-refractivity contribution is 6.31. The summed E-state index contributed by atoms with van der Waals surface area (Å²) in [5.74, 6) is -0.983. The van der Waals surface area contributed by atoms with Gasteiger partial charge in [0.25, 0.3) is 5.91 Å². The van der Waals surface area contributed by atoms with Gasteiger partial charge in [-0.3, -0.25) is 4.79 Å². The smallest absolute Gasteiger partial charge is 0.340 e. The van der Waals surface area contributed by atoms with Crippen molar-refractivity contribution in [2.75, 3.05) is 18.9 Å². The van der Waals surface area contributed by atoms with Crippen LogP contribution in [0, 0.1) is 0 Å². The minimum atomic E-state index is -0.659. The van der Waals surface area contributed by atoms with Crippen molar-refractivity contribution in [3.63, 3.8) is 0 Å². The van der Waals surface area contributed by atoms with Gasteiger partial charge in [-0.15, -0.1) is 0 Å². The summed E-state index contributed by atoms with van der Waals surface area (Å²) >= 11 is 5.78. The molecule has 0 saturated carbocycles. The summed E-state index contributed by atoms with van der Waals surface area (Å²) in [6.07, 6.45) is 3.05. The van der Waals surface area contributed by atoms with Crippen molar-refractivity contribution in [2.24, 2.45) is 0 Å². The van der Waals surface area contributed by atoms with Gasteiger partial charge in [0.2, 0.25) is 0 Å². The van der Waals surface area contributed by atoms with Gasteiger partial charge in [0, 0.05) is 17.3 Å². The zero-order valence-corrected chi connectivity index (χ0v) is 12.2. The summed E-state index contributed by atoms with van der Waals surface area (Å²) in [5.41, 5.74) is 6.08. The number of hydrogen-bond acceptors (Lipinski definition) is 4. The maximum Gasteiger partial charge on any atom is 0.340 e. The molecule has 0 aliphatic rings. The molecular weight excluding hydrogens is 280 g/mol. The zero-order chi connectivity index (χ0) is 15.0. The number of esters is 1. The second-order valence-corrected chi connectivity index (χ2v) is 4.80. The minimum absolute atomic E-state index is 0.163. The summed E-state index contributed by atoms with van der Waals surface area (Å²) in [7, 11) is 0. The first kappa shape index (κ1) is 16.3. The van der Waals surface area contributed by atoms with Crippen LogP contribution in [0.15, 0.2) is 18.2 Å². The molecule has 6 heteroatoms. The number of halogens is 1. The fraction of sp³-hybridized carbons (Fsp3) is 0.429. The van der Waals surface area contributed by atoms with Crippen LogP contribution in [0.5, 0.6) is 0 Å². The number of anilines is 1. The molecule has 0 radical (unpaired) electrons. The predicted molar refractivity (Wildman–Crippen MR) is 78.7 cm³/mol. The van der Waals surface area contributed by atoms with E-state index in [4.69, 9.17) is 22.1 Å². The van der Waals surface area contributed by atoms with Gasteiger partial charge in [-0.2, -0.15) is 0 Å². The number of nitrogens with one attached hydrogen (secondary N) is 1. The van der Waals surface area contributed by atoms with Crippen molar-refractivity contribution in [2.45, 2.75) is 26.2 Å². The van der Waals surface area contributed by atoms with Gasteiger partial charge in [-0.1, -0.05) is 31.4 Å². The lowest BCUT2D eigenvalue weighted by molar-refractivity contribution is -0.124. The van der Waals surface area contributed by atoms with Crippen LogP contribution in [0.3, 0.4) is 0 Å². The van der Waals surface area contributed by atoms with Gasteiger partial charge in [0.15, 0.2) is 6.61 Å². The molecule has 20 heavy (non-hydrogen) atoms. The van der Waals surface area contributed by atoms with Crippen molar-refractivity contribution >= 4 is 29.2 Å². The maximum atomic E-state index is 11.8. The Balaban J connectivity index is 2.39. The molecule has 0 aromatic heterocycles. The minimum Gasteiger partial charge on any atom is -0.452 e. The number of ether oxygens (including phenoxy) is 1. The van der Waals surface area contributed by atoms with Crippen molar-refractivity contribution in [3.05, 3.63) is 28.8 Å². The van der Waals surface area contributed by atoms with E-state index in [1.165, 1.54) is 12.1 Å². The Labute approximate surface area is 123 Å². The van der Waals surface area contributed by atoms with Crippen molar-refractivity contribution in [3.8, 4) is 0 Å². The highest BCUT2D eigenvalue weighted by Gasteiger charge is 2.13. The van der Waals surface area contributed by atoms with E-state index in [9.17, 15) is 9.59 Å². The normalized spacial score (nSPS) is 10.1. The standard InChI is InChI=1S/C14H19ClN2O3/c1-2-3-4-7-17-13(18)9-20-14(19)11-8-10(15)5-6-12(11)16/h5-6,8H,2-4,7,9,16H2,1H3,(H,17,18). The monoisotopic (exact) mass is 298 g/mol. The first-order chi connectivity index (χ1) is 9.54. The van der Waals surface area contributed by atoms with E-state index in [1.54, 1.807) is 6.07 Å². The SMILES string of the molecule is CCCCCNC(=O)COC(=O)c1cc(Cl)ccc1N. The third-order valence-electron chi connectivity index (χ3n) is 2.67. The molecule has 0 spiro atoms. The predicted octanol–water partition coefficient (Wildman–Crippen LogP) is 2.39. The van der Waals surface area contributed by atoms with E-state index in [0.717, 1.165) is 19.3 Å². The Kier molecular flexibility index (Phi) is 6.87. The molecule has 1 amide bonds. The van der Waals surface area contributed by atoms with Crippen LogP contribution in [0.4, 0.5) is 5.69 Å². The molecule has 1 aromatic carbocycles. The number of amides is 1. The summed E-state index contributed by atoms with van der Waals surface area (Å²) in [6.45, 7) is 2.35. The zero-order valence-electron chi connectivity index (χ0n) is 11.4. The largest absolute Gasteiger partial charge is 0.452 e. The van der Waals surface area contributed by atoms with E-state index in [0.29, 0.717) is 11.6 Å². The first-order valence-corrected chi connectivity index (χ1v) is 6.91. The molecule has 3 N–H and O–H groups in total. The summed E-state index contributed by atoms with van der Waals surface area (Å²) < 4.78 is 4.89. The number of unbranched alkanes of at least 4 members (excludes halogenated alkanes) is 2. The van der Waals surface area contributed by atoms with Crippen LogP contribution in [0.2, 0.25) is 5.02 Å². The van der Waals surface area contributed by atoms with E-state index in [1.807, 2.05) is 0 Å². The van der Waals surface area contributed by atoms with Crippen LogP contribution in [0.25, 0.3) is 0 Å². The van der Waals surface area contributed by atoms with E-state index >= 15 is 0 Å². The highest BCUT2D eigenvalue weighted by Crippen LogP contribution is 2.18. The van der Waals surface area contributed by atoms with Gasteiger partial charge in [-0.05, 0) is 24.6 Å². The topological polar surface area (TPSA) is 81.4 Å². The van der Waals surface area contributed by atoms with Crippen LogP contribution >= 0.6 is 11.6 Å².